The maximum absolute atomic E-state index is 11.0. The van der Waals surface area contributed by atoms with Crippen LogP contribution in [0, 0.1) is 23.0 Å². The molecule has 1 unspecified atom stereocenters. The monoisotopic (exact) mass is 274 g/mol. The van der Waals surface area contributed by atoms with E-state index in [1.807, 2.05) is 13.8 Å². The lowest BCUT2D eigenvalue weighted by Crippen LogP contribution is -2.30. The van der Waals surface area contributed by atoms with Crippen LogP contribution in [0.2, 0.25) is 5.28 Å². The topological polar surface area (TPSA) is 101 Å². The number of nitro groups is 1. The first-order valence-electron chi connectivity index (χ1n) is 5.42. The number of aromatic nitrogens is 2. The molecule has 18 heavy (non-hydrogen) atoms. The average Bonchev–Trinajstić information content (AvgIpc) is 2.23. The third kappa shape index (κ3) is 3.27. The zero-order chi connectivity index (χ0) is 13.9. The van der Waals surface area contributed by atoms with Gasteiger partial charge in [-0.3, -0.25) is 10.1 Å². The van der Waals surface area contributed by atoms with E-state index in [1.165, 1.54) is 6.92 Å². The first-order chi connectivity index (χ1) is 8.36. The van der Waals surface area contributed by atoms with Gasteiger partial charge in [-0.15, -0.1) is 0 Å². The van der Waals surface area contributed by atoms with Gasteiger partial charge in [-0.05, 0) is 24.4 Å². The van der Waals surface area contributed by atoms with E-state index in [1.54, 1.807) is 0 Å². The second kappa shape index (κ2) is 5.92. The largest absolute Gasteiger partial charge is 0.394 e. The van der Waals surface area contributed by atoms with Crippen molar-refractivity contribution in [1.29, 1.82) is 0 Å². The minimum Gasteiger partial charge on any atom is -0.394 e. The van der Waals surface area contributed by atoms with Crippen molar-refractivity contribution in [2.45, 2.75) is 26.8 Å². The maximum atomic E-state index is 11.0. The molecule has 100 valence electrons. The normalized spacial score (nSPS) is 12.6. The van der Waals surface area contributed by atoms with Crippen LogP contribution in [0.3, 0.4) is 0 Å². The molecule has 7 nitrogen and oxygen atoms in total. The number of aryl methyl sites for hydroxylation is 1. The molecule has 0 saturated heterocycles. The molecule has 0 amide bonds. The molecule has 1 atom stereocenters. The van der Waals surface area contributed by atoms with Gasteiger partial charge in [0, 0.05) is 0 Å². The highest BCUT2D eigenvalue weighted by atomic mass is 35.5. The predicted octanol–water partition coefficient (Wildman–Crippen LogP) is 1.78. The second-order valence-electron chi connectivity index (χ2n) is 4.21. The van der Waals surface area contributed by atoms with Gasteiger partial charge in [0.1, 0.15) is 5.69 Å². The molecule has 1 rings (SSSR count). The Hall–Kier alpha value is -1.47. The smallest absolute Gasteiger partial charge is 0.332 e. The highest BCUT2D eigenvalue weighted by Crippen LogP contribution is 2.27. The summed E-state index contributed by atoms with van der Waals surface area (Å²) in [7, 11) is 0. The maximum Gasteiger partial charge on any atom is 0.332 e. The lowest BCUT2D eigenvalue weighted by Gasteiger charge is -2.20. The summed E-state index contributed by atoms with van der Waals surface area (Å²) in [5.41, 5.74) is -0.0403. The Morgan fingerprint density at radius 3 is 2.56 bits per heavy atom. The minimum absolute atomic E-state index is 0.0326. The molecule has 1 heterocycles. The van der Waals surface area contributed by atoms with E-state index in [-0.39, 0.29) is 41.0 Å². The van der Waals surface area contributed by atoms with Gasteiger partial charge in [0.15, 0.2) is 0 Å². The molecule has 1 aromatic rings. The fourth-order valence-electron chi connectivity index (χ4n) is 1.45. The Morgan fingerprint density at radius 1 is 1.50 bits per heavy atom. The Kier molecular flexibility index (Phi) is 4.80. The van der Waals surface area contributed by atoms with Crippen molar-refractivity contribution in [3.8, 4) is 0 Å². The molecule has 0 radical (unpaired) electrons. The molecule has 2 N–H and O–H groups in total. The summed E-state index contributed by atoms with van der Waals surface area (Å²) >= 11 is 5.69. The van der Waals surface area contributed by atoms with Crippen molar-refractivity contribution < 1.29 is 10.0 Å². The lowest BCUT2D eigenvalue weighted by atomic mass is 10.1. The van der Waals surface area contributed by atoms with E-state index in [0.29, 0.717) is 0 Å². The summed E-state index contributed by atoms with van der Waals surface area (Å²) in [6, 6.07) is -0.339. The molecule has 8 heteroatoms. The van der Waals surface area contributed by atoms with E-state index in [9.17, 15) is 15.2 Å². The molecular formula is C10H15ClN4O3. The minimum atomic E-state index is -0.567. The molecule has 0 aromatic carbocycles. The van der Waals surface area contributed by atoms with Crippen molar-refractivity contribution in [3.63, 3.8) is 0 Å². The van der Waals surface area contributed by atoms with Gasteiger partial charge >= 0.3 is 5.69 Å². The molecule has 0 aliphatic rings. The number of nitrogens with zero attached hydrogens (tertiary/aromatic N) is 3. The van der Waals surface area contributed by atoms with Crippen LogP contribution in [0.15, 0.2) is 0 Å². The van der Waals surface area contributed by atoms with Crippen molar-refractivity contribution in [2.24, 2.45) is 5.92 Å². The van der Waals surface area contributed by atoms with Crippen LogP contribution in [0.25, 0.3) is 0 Å². The van der Waals surface area contributed by atoms with Crippen LogP contribution in [0.5, 0.6) is 0 Å². The first kappa shape index (κ1) is 14.6. The SMILES string of the molecule is Cc1nc(Cl)nc(NC(CO)C(C)C)c1[N+](=O)[O-]. The predicted molar refractivity (Wildman–Crippen MR) is 67.8 cm³/mol. The zero-order valence-corrected chi connectivity index (χ0v) is 11.1. The van der Waals surface area contributed by atoms with Gasteiger partial charge in [-0.1, -0.05) is 13.8 Å². The number of aliphatic hydroxyl groups is 1. The van der Waals surface area contributed by atoms with E-state index in [4.69, 9.17) is 11.6 Å². The number of hydrogen-bond donors (Lipinski definition) is 2. The van der Waals surface area contributed by atoms with E-state index in [2.05, 4.69) is 15.3 Å². The molecule has 0 spiro atoms. The molecule has 0 bridgehead atoms. The quantitative estimate of drug-likeness (QED) is 0.482. The lowest BCUT2D eigenvalue weighted by molar-refractivity contribution is -0.385. The van der Waals surface area contributed by atoms with E-state index in [0.717, 1.165) is 0 Å². The third-order valence-electron chi connectivity index (χ3n) is 2.54. The van der Waals surface area contributed by atoms with E-state index >= 15 is 0 Å². The molecule has 0 saturated carbocycles. The van der Waals surface area contributed by atoms with Crippen LogP contribution in [-0.4, -0.2) is 32.6 Å². The van der Waals surface area contributed by atoms with Crippen molar-refractivity contribution >= 4 is 23.1 Å². The summed E-state index contributed by atoms with van der Waals surface area (Å²) in [5.74, 6) is 0.119. The molecule has 0 fully saturated rings. The van der Waals surface area contributed by atoms with Crippen LogP contribution < -0.4 is 5.32 Å². The van der Waals surface area contributed by atoms with Crippen LogP contribution in [-0.2, 0) is 0 Å². The van der Waals surface area contributed by atoms with Crippen LogP contribution >= 0.6 is 11.6 Å². The van der Waals surface area contributed by atoms with Crippen LogP contribution in [0.1, 0.15) is 19.5 Å². The second-order valence-corrected chi connectivity index (χ2v) is 4.55. The molecule has 0 aliphatic heterocycles. The first-order valence-corrected chi connectivity index (χ1v) is 5.80. The van der Waals surface area contributed by atoms with Crippen LogP contribution in [0.4, 0.5) is 11.5 Å². The molecule has 0 aliphatic carbocycles. The van der Waals surface area contributed by atoms with Crippen molar-refractivity contribution in [2.75, 3.05) is 11.9 Å². The highest BCUT2D eigenvalue weighted by Gasteiger charge is 2.24. The molecular weight excluding hydrogens is 260 g/mol. The standard InChI is InChI=1S/C10H15ClN4O3/c1-5(2)7(4-16)13-9-8(15(17)18)6(3)12-10(11)14-9/h5,7,16H,4H2,1-3H3,(H,12,13,14). The Morgan fingerprint density at radius 2 is 2.11 bits per heavy atom. The number of aliphatic hydroxyl groups excluding tert-OH is 1. The summed E-state index contributed by atoms with van der Waals surface area (Å²) < 4.78 is 0. The summed E-state index contributed by atoms with van der Waals surface area (Å²) in [4.78, 5) is 18.0. The van der Waals surface area contributed by atoms with Crippen molar-refractivity contribution in [3.05, 3.63) is 21.1 Å². The fraction of sp³-hybridized carbons (Fsp3) is 0.600. The number of nitrogens with one attached hydrogen (secondary N) is 1. The van der Waals surface area contributed by atoms with Crippen molar-refractivity contribution in [1.82, 2.24) is 9.97 Å². The van der Waals surface area contributed by atoms with Gasteiger partial charge in [0.05, 0.1) is 17.6 Å². The number of rotatable bonds is 5. The number of halogens is 1. The summed E-state index contributed by atoms with van der Waals surface area (Å²) in [6.07, 6.45) is 0. The average molecular weight is 275 g/mol. The third-order valence-corrected chi connectivity index (χ3v) is 2.71. The Bertz CT molecular complexity index is 453. The zero-order valence-electron chi connectivity index (χ0n) is 10.3. The Balaban J connectivity index is 3.18. The number of hydrogen-bond acceptors (Lipinski definition) is 6. The number of anilines is 1. The van der Waals surface area contributed by atoms with E-state index < -0.39 is 4.92 Å². The Labute approximate surface area is 109 Å². The molecule has 1 aromatic heterocycles. The van der Waals surface area contributed by atoms with Gasteiger partial charge in [0.2, 0.25) is 11.1 Å². The summed E-state index contributed by atoms with van der Waals surface area (Å²) in [5, 5.41) is 23.0. The van der Waals surface area contributed by atoms with Gasteiger partial charge < -0.3 is 10.4 Å². The fourth-order valence-corrected chi connectivity index (χ4v) is 1.66. The van der Waals surface area contributed by atoms with Gasteiger partial charge in [-0.2, -0.15) is 4.98 Å². The van der Waals surface area contributed by atoms with Gasteiger partial charge in [0.25, 0.3) is 0 Å². The summed E-state index contributed by atoms with van der Waals surface area (Å²) in [6.45, 7) is 5.10. The highest BCUT2D eigenvalue weighted by molar-refractivity contribution is 6.28. The van der Waals surface area contributed by atoms with Gasteiger partial charge in [-0.25, -0.2) is 4.98 Å².